The molecule has 0 aliphatic heterocycles. The highest BCUT2D eigenvalue weighted by atomic mass is 16.2. The Balaban J connectivity index is 2.48. The van der Waals surface area contributed by atoms with Crippen LogP contribution in [0.3, 0.4) is 0 Å². The van der Waals surface area contributed by atoms with Gasteiger partial charge in [0.15, 0.2) is 0 Å². The maximum Gasteiger partial charge on any atom is 0.228 e. The molecule has 0 radical (unpaired) electrons. The van der Waals surface area contributed by atoms with Crippen LogP contribution in [0.15, 0.2) is 18.3 Å². The number of carbonyl (C=O) groups is 1. The number of rotatable bonds is 5. The standard InChI is InChI=1S/C12H21N3O/c1-12(2,8-13)9-15(3)11(16)7-10-5-4-6-14-10/h4-6,14H,7-9,13H2,1-3H3. The maximum atomic E-state index is 11.9. The van der Waals surface area contributed by atoms with Crippen molar-refractivity contribution in [2.24, 2.45) is 11.1 Å². The van der Waals surface area contributed by atoms with Crippen LogP contribution >= 0.6 is 0 Å². The van der Waals surface area contributed by atoms with Gasteiger partial charge in [-0.2, -0.15) is 0 Å². The van der Waals surface area contributed by atoms with E-state index in [-0.39, 0.29) is 11.3 Å². The highest BCUT2D eigenvalue weighted by Crippen LogP contribution is 2.14. The molecule has 16 heavy (non-hydrogen) atoms. The van der Waals surface area contributed by atoms with E-state index >= 15 is 0 Å². The molecule has 0 saturated carbocycles. The van der Waals surface area contributed by atoms with Crippen LogP contribution in [0.1, 0.15) is 19.5 Å². The van der Waals surface area contributed by atoms with E-state index in [1.165, 1.54) is 0 Å². The fraction of sp³-hybridized carbons (Fsp3) is 0.583. The van der Waals surface area contributed by atoms with Crippen LogP contribution < -0.4 is 5.73 Å². The van der Waals surface area contributed by atoms with Crippen LogP contribution in [-0.2, 0) is 11.2 Å². The van der Waals surface area contributed by atoms with Gasteiger partial charge < -0.3 is 15.6 Å². The molecule has 0 atom stereocenters. The maximum absolute atomic E-state index is 11.9. The SMILES string of the molecule is CN(CC(C)(C)CN)C(=O)Cc1ccc[nH]1. The van der Waals surface area contributed by atoms with Crippen LogP contribution in [0.25, 0.3) is 0 Å². The van der Waals surface area contributed by atoms with E-state index in [0.29, 0.717) is 19.5 Å². The number of H-pyrrole nitrogens is 1. The van der Waals surface area contributed by atoms with Crippen molar-refractivity contribution in [3.05, 3.63) is 24.0 Å². The first-order valence-corrected chi connectivity index (χ1v) is 5.51. The lowest BCUT2D eigenvalue weighted by molar-refractivity contribution is -0.130. The second kappa shape index (κ2) is 5.16. The average Bonchev–Trinajstić information content (AvgIpc) is 2.69. The minimum absolute atomic E-state index is 0.0276. The molecule has 0 unspecified atom stereocenters. The molecule has 1 heterocycles. The number of carbonyl (C=O) groups excluding carboxylic acids is 1. The summed E-state index contributed by atoms with van der Waals surface area (Å²) in [6, 6.07) is 3.81. The van der Waals surface area contributed by atoms with Crippen LogP contribution in [0.4, 0.5) is 0 Å². The number of amides is 1. The third kappa shape index (κ3) is 3.70. The zero-order chi connectivity index (χ0) is 12.2. The molecule has 0 bridgehead atoms. The van der Waals surface area contributed by atoms with Gasteiger partial charge in [-0.25, -0.2) is 0 Å². The van der Waals surface area contributed by atoms with Crippen LogP contribution in [0.2, 0.25) is 0 Å². The van der Waals surface area contributed by atoms with E-state index in [0.717, 1.165) is 5.69 Å². The van der Waals surface area contributed by atoms with Crippen molar-refractivity contribution in [2.45, 2.75) is 20.3 Å². The van der Waals surface area contributed by atoms with Gasteiger partial charge in [0.25, 0.3) is 0 Å². The van der Waals surface area contributed by atoms with Gasteiger partial charge in [-0.1, -0.05) is 13.8 Å². The van der Waals surface area contributed by atoms with Crippen molar-refractivity contribution in [1.82, 2.24) is 9.88 Å². The van der Waals surface area contributed by atoms with E-state index in [1.807, 2.05) is 25.4 Å². The summed E-state index contributed by atoms with van der Waals surface area (Å²) in [4.78, 5) is 16.6. The first-order valence-electron chi connectivity index (χ1n) is 5.51. The Hall–Kier alpha value is -1.29. The normalized spacial score (nSPS) is 11.5. The highest BCUT2D eigenvalue weighted by molar-refractivity contribution is 5.78. The van der Waals surface area contributed by atoms with Crippen LogP contribution in [0, 0.1) is 5.41 Å². The molecule has 4 nitrogen and oxygen atoms in total. The van der Waals surface area contributed by atoms with Crippen molar-refractivity contribution in [3.63, 3.8) is 0 Å². The highest BCUT2D eigenvalue weighted by Gasteiger charge is 2.21. The number of nitrogens with one attached hydrogen (secondary N) is 1. The lowest BCUT2D eigenvalue weighted by atomic mass is 9.93. The third-order valence-electron chi connectivity index (χ3n) is 2.65. The molecule has 0 aliphatic carbocycles. The molecule has 1 aromatic rings. The monoisotopic (exact) mass is 223 g/mol. The number of nitrogens with zero attached hydrogens (tertiary/aromatic N) is 1. The quantitative estimate of drug-likeness (QED) is 0.782. The Morgan fingerprint density at radius 3 is 2.75 bits per heavy atom. The number of hydrogen-bond acceptors (Lipinski definition) is 2. The Morgan fingerprint density at radius 2 is 2.25 bits per heavy atom. The number of aromatic nitrogens is 1. The van der Waals surface area contributed by atoms with Crippen molar-refractivity contribution in [2.75, 3.05) is 20.1 Å². The molecular formula is C12H21N3O. The minimum Gasteiger partial charge on any atom is -0.365 e. The zero-order valence-corrected chi connectivity index (χ0v) is 10.3. The predicted molar refractivity (Wildman–Crippen MR) is 65.0 cm³/mol. The van der Waals surface area contributed by atoms with E-state index in [2.05, 4.69) is 18.8 Å². The first kappa shape index (κ1) is 12.8. The molecule has 0 aromatic carbocycles. The second-order valence-corrected chi connectivity index (χ2v) is 4.99. The summed E-state index contributed by atoms with van der Waals surface area (Å²) in [6.07, 6.45) is 2.25. The minimum atomic E-state index is -0.0276. The van der Waals surface area contributed by atoms with Gasteiger partial charge in [-0.3, -0.25) is 4.79 Å². The van der Waals surface area contributed by atoms with Crippen LogP contribution in [0.5, 0.6) is 0 Å². The van der Waals surface area contributed by atoms with Gasteiger partial charge in [-0.15, -0.1) is 0 Å². The van der Waals surface area contributed by atoms with Gasteiger partial charge in [0.2, 0.25) is 5.91 Å². The van der Waals surface area contributed by atoms with E-state index in [1.54, 1.807) is 4.90 Å². The van der Waals surface area contributed by atoms with Crippen molar-refractivity contribution in [3.8, 4) is 0 Å². The summed E-state index contributed by atoms with van der Waals surface area (Å²) in [7, 11) is 1.82. The molecule has 0 fully saturated rings. The fourth-order valence-corrected chi connectivity index (χ4v) is 1.57. The summed E-state index contributed by atoms with van der Waals surface area (Å²) >= 11 is 0. The molecule has 4 heteroatoms. The Bertz CT molecular complexity index is 330. The molecule has 90 valence electrons. The number of nitrogens with two attached hydrogens (primary N) is 1. The second-order valence-electron chi connectivity index (χ2n) is 4.99. The molecule has 0 aliphatic rings. The molecule has 0 spiro atoms. The summed E-state index contributed by atoms with van der Waals surface area (Å²) < 4.78 is 0. The zero-order valence-electron chi connectivity index (χ0n) is 10.3. The van der Waals surface area contributed by atoms with E-state index in [9.17, 15) is 4.79 Å². The lowest BCUT2D eigenvalue weighted by Crippen LogP contribution is -2.40. The predicted octanol–water partition coefficient (Wildman–Crippen LogP) is 1.00. The fourth-order valence-electron chi connectivity index (χ4n) is 1.57. The third-order valence-corrected chi connectivity index (χ3v) is 2.65. The van der Waals surface area contributed by atoms with Crippen molar-refractivity contribution in [1.29, 1.82) is 0 Å². The van der Waals surface area contributed by atoms with E-state index in [4.69, 9.17) is 5.73 Å². The molecule has 0 saturated heterocycles. The summed E-state index contributed by atoms with van der Waals surface area (Å²) in [5.41, 5.74) is 6.57. The first-order chi connectivity index (χ1) is 7.44. The lowest BCUT2D eigenvalue weighted by Gasteiger charge is -2.29. The number of likely N-dealkylation sites (N-methyl/N-ethyl adjacent to an activating group) is 1. The van der Waals surface area contributed by atoms with Crippen LogP contribution in [-0.4, -0.2) is 35.9 Å². The molecule has 1 rings (SSSR count). The number of hydrogen-bond donors (Lipinski definition) is 2. The molecule has 1 aromatic heterocycles. The van der Waals surface area contributed by atoms with E-state index < -0.39 is 0 Å². The molecule has 1 amide bonds. The average molecular weight is 223 g/mol. The molecular weight excluding hydrogens is 202 g/mol. The summed E-state index contributed by atoms with van der Waals surface area (Å²) in [5, 5.41) is 0. The Morgan fingerprint density at radius 1 is 1.56 bits per heavy atom. The summed E-state index contributed by atoms with van der Waals surface area (Å²) in [6.45, 7) is 5.38. The summed E-state index contributed by atoms with van der Waals surface area (Å²) in [5.74, 6) is 0.115. The topological polar surface area (TPSA) is 62.1 Å². The van der Waals surface area contributed by atoms with Gasteiger partial charge in [0, 0.05) is 25.5 Å². The largest absolute Gasteiger partial charge is 0.365 e. The van der Waals surface area contributed by atoms with Gasteiger partial charge in [-0.05, 0) is 24.1 Å². The van der Waals surface area contributed by atoms with Crippen molar-refractivity contribution < 1.29 is 4.79 Å². The molecule has 3 N–H and O–H groups in total. The number of aromatic amines is 1. The Kier molecular flexibility index (Phi) is 4.12. The van der Waals surface area contributed by atoms with Gasteiger partial charge in [0.05, 0.1) is 6.42 Å². The van der Waals surface area contributed by atoms with Gasteiger partial charge >= 0.3 is 0 Å². The van der Waals surface area contributed by atoms with Gasteiger partial charge in [0.1, 0.15) is 0 Å². The Labute approximate surface area is 96.8 Å². The smallest absolute Gasteiger partial charge is 0.228 e. The van der Waals surface area contributed by atoms with Crippen molar-refractivity contribution >= 4 is 5.91 Å².